The summed E-state index contributed by atoms with van der Waals surface area (Å²) >= 11 is 0. The van der Waals surface area contributed by atoms with Crippen LogP contribution in [0.25, 0.3) is 21.8 Å². The first-order valence-electron chi connectivity index (χ1n) is 13.0. The van der Waals surface area contributed by atoms with Crippen molar-refractivity contribution in [2.45, 2.75) is 26.2 Å². The second-order valence-electron chi connectivity index (χ2n) is 9.35. The van der Waals surface area contributed by atoms with Crippen molar-refractivity contribution in [1.82, 2.24) is 19.9 Å². The van der Waals surface area contributed by atoms with Crippen LogP contribution >= 0.6 is 0 Å². The van der Waals surface area contributed by atoms with Crippen molar-refractivity contribution in [2.24, 2.45) is 0 Å². The zero-order valence-corrected chi connectivity index (χ0v) is 22.7. The van der Waals surface area contributed by atoms with Crippen LogP contribution in [0.2, 0.25) is 0 Å². The molecule has 2 aromatic heterocycles. The minimum atomic E-state index is -1.26. The molecule has 4 aromatic rings. The minimum absolute atomic E-state index is 0.0997. The molecule has 1 aliphatic heterocycles. The molecule has 0 atom stereocenters. The molecule has 5 rings (SSSR count). The van der Waals surface area contributed by atoms with E-state index < -0.39 is 17.8 Å². The molecule has 3 N–H and O–H groups in total. The molecular formula is C29H31FN4O7. The number of aliphatic carboxylic acids is 2. The van der Waals surface area contributed by atoms with E-state index in [2.05, 4.69) is 19.9 Å². The molecule has 216 valence electrons. The fourth-order valence-corrected chi connectivity index (χ4v) is 4.48. The Hall–Kier alpha value is -4.71. The normalized spacial score (nSPS) is 13.3. The van der Waals surface area contributed by atoms with E-state index in [0.717, 1.165) is 24.2 Å². The van der Waals surface area contributed by atoms with Crippen LogP contribution in [0.5, 0.6) is 23.1 Å². The quantitative estimate of drug-likeness (QED) is 0.178. The van der Waals surface area contributed by atoms with Gasteiger partial charge in [-0.3, -0.25) is 0 Å². The van der Waals surface area contributed by atoms with Crippen molar-refractivity contribution in [3.8, 4) is 23.1 Å². The number of carboxylic acids is 2. The molecule has 0 aliphatic carbocycles. The lowest BCUT2D eigenvalue weighted by molar-refractivity contribution is -0.134. The lowest BCUT2D eigenvalue weighted by Crippen LogP contribution is -2.21. The van der Waals surface area contributed by atoms with Gasteiger partial charge in [0.05, 0.1) is 24.6 Å². The Morgan fingerprint density at radius 2 is 1.76 bits per heavy atom. The van der Waals surface area contributed by atoms with E-state index >= 15 is 4.39 Å². The van der Waals surface area contributed by atoms with E-state index in [0.29, 0.717) is 46.5 Å². The minimum Gasteiger partial charge on any atom is -0.493 e. The van der Waals surface area contributed by atoms with Gasteiger partial charge in [0, 0.05) is 41.4 Å². The Morgan fingerprint density at radius 1 is 1.02 bits per heavy atom. The molecule has 0 spiro atoms. The summed E-state index contributed by atoms with van der Waals surface area (Å²) in [4.78, 5) is 33.3. The molecule has 0 amide bonds. The predicted molar refractivity (Wildman–Crippen MR) is 149 cm³/mol. The fourth-order valence-electron chi connectivity index (χ4n) is 4.48. The first-order valence-corrected chi connectivity index (χ1v) is 13.0. The number of halogens is 1. The lowest BCUT2D eigenvalue weighted by Gasteiger charge is -2.16. The number of benzene rings is 2. The highest BCUT2D eigenvalue weighted by atomic mass is 19.1. The number of carbonyl (C=O) groups is 2. The Kier molecular flexibility index (Phi) is 9.69. The third-order valence-electron chi connectivity index (χ3n) is 6.37. The average Bonchev–Trinajstić information content (AvgIpc) is 3.61. The summed E-state index contributed by atoms with van der Waals surface area (Å²) in [5, 5.41) is 16.7. The highest BCUT2D eigenvalue weighted by molar-refractivity contribution is 5.89. The molecule has 11 nitrogen and oxygen atoms in total. The molecule has 0 saturated carbocycles. The van der Waals surface area contributed by atoms with Gasteiger partial charge in [0.15, 0.2) is 23.1 Å². The van der Waals surface area contributed by atoms with Crippen LogP contribution < -0.4 is 14.2 Å². The highest BCUT2D eigenvalue weighted by Gasteiger charge is 2.17. The molecule has 0 unspecified atom stereocenters. The number of aromatic nitrogens is 3. The van der Waals surface area contributed by atoms with Gasteiger partial charge in [-0.15, -0.1) is 0 Å². The van der Waals surface area contributed by atoms with Gasteiger partial charge in [-0.05, 0) is 63.5 Å². The van der Waals surface area contributed by atoms with E-state index in [1.54, 1.807) is 31.4 Å². The predicted octanol–water partition coefficient (Wildman–Crippen LogP) is 4.94. The molecule has 1 fully saturated rings. The average molecular weight is 567 g/mol. The van der Waals surface area contributed by atoms with Crippen molar-refractivity contribution in [1.29, 1.82) is 0 Å². The maximum absolute atomic E-state index is 15.0. The first kappa shape index (κ1) is 29.3. The Labute approximate surface area is 235 Å². The molecule has 1 aliphatic rings. The number of aromatic amines is 1. The monoisotopic (exact) mass is 566 g/mol. The molecule has 2 aromatic carbocycles. The van der Waals surface area contributed by atoms with Crippen LogP contribution in [-0.4, -0.2) is 75.4 Å². The number of likely N-dealkylation sites (tertiary alicyclic amines) is 1. The zero-order valence-electron chi connectivity index (χ0n) is 22.7. The summed E-state index contributed by atoms with van der Waals surface area (Å²) < 4.78 is 32.5. The third-order valence-corrected chi connectivity index (χ3v) is 6.37. The smallest absolute Gasteiger partial charge is 0.328 e. The van der Waals surface area contributed by atoms with E-state index in [4.69, 9.17) is 24.4 Å². The summed E-state index contributed by atoms with van der Waals surface area (Å²) in [5.41, 5.74) is 2.23. The Bertz CT molecular complexity index is 1550. The highest BCUT2D eigenvalue weighted by Crippen LogP contribution is 2.37. The first-order chi connectivity index (χ1) is 19.7. The number of nitrogens with one attached hydrogen (secondary N) is 1. The van der Waals surface area contributed by atoms with Crippen LogP contribution in [0.15, 0.2) is 48.8 Å². The second kappa shape index (κ2) is 13.6. The van der Waals surface area contributed by atoms with E-state index in [-0.39, 0.29) is 11.6 Å². The Balaban J connectivity index is 0.000000426. The van der Waals surface area contributed by atoms with Crippen LogP contribution in [0.3, 0.4) is 0 Å². The summed E-state index contributed by atoms with van der Waals surface area (Å²) in [7, 11) is 1.59. The van der Waals surface area contributed by atoms with Crippen molar-refractivity contribution in [3.63, 3.8) is 0 Å². The summed E-state index contributed by atoms with van der Waals surface area (Å²) in [5.74, 6) is -1.42. The number of hydrogen-bond donors (Lipinski definition) is 3. The number of fused-ring (bicyclic) bond motifs is 2. The largest absolute Gasteiger partial charge is 0.493 e. The number of nitrogens with zero attached hydrogens (tertiary/aromatic N) is 3. The van der Waals surface area contributed by atoms with Crippen LogP contribution in [0, 0.1) is 12.7 Å². The van der Waals surface area contributed by atoms with E-state index in [1.807, 2.05) is 13.0 Å². The maximum atomic E-state index is 15.0. The number of carboxylic acid groups (broad SMARTS) is 2. The molecular weight excluding hydrogens is 535 g/mol. The number of H-pyrrole nitrogens is 1. The number of aryl methyl sites for hydroxylation is 1. The van der Waals surface area contributed by atoms with Gasteiger partial charge in [0.25, 0.3) is 0 Å². The number of ether oxygens (including phenoxy) is 3. The molecule has 1 saturated heterocycles. The zero-order chi connectivity index (χ0) is 29.4. The van der Waals surface area contributed by atoms with Crippen LogP contribution in [-0.2, 0) is 9.59 Å². The fraction of sp³-hybridized carbons (Fsp3) is 0.310. The van der Waals surface area contributed by atoms with E-state index in [9.17, 15) is 9.59 Å². The van der Waals surface area contributed by atoms with Crippen molar-refractivity contribution in [2.75, 3.05) is 33.4 Å². The van der Waals surface area contributed by atoms with Crippen molar-refractivity contribution >= 4 is 33.7 Å². The third kappa shape index (κ3) is 7.70. The molecule has 3 heterocycles. The van der Waals surface area contributed by atoms with Gasteiger partial charge >= 0.3 is 11.9 Å². The van der Waals surface area contributed by atoms with Crippen molar-refractivity contribution < 1.29 is 38.4 Å². The van der Waals surface area contributed by atoms with Gasteiger partial charge in [0.1, 0.15) is 6.33 Å². The lowest BCUT2D eigenvalue weighted by atomic mass is 10.2. The summed E-state index contributed by atoms with van der Waals surface area (Å²) in [6.07, 6.45) is 6.03. The Morgan fingerprint density at radius 3 is 2.44 bits per heavy atom. The summed E-state index contributed by atoms with van der Waals surface area (Å²) in [6, 6.07) is 8.73. The van der Waals surface area contributed by atoms with Gasteiger partial charge in [0.2, 0.25) is 5.88 Å². The van der Waals surface area contributed by atoms with Gasteiger partial charge < -0.3 is 34.3 Å². The van der Waals surface area contributed by atoms with Crippen molar-refractivity contribution in [3.05, 3.63) is 60.3 Å². The number of methoxy groups -OCH3 is 1. The summed E-state index contributed by atoms with van der Waals surface area (Å²) in [6.45, 7) is 5.86. The topological polar surface area (TPSA) is 147 Å². The SMILES string of the molecule is COc1cc2c(Oc3ccc4[nH]c(C)cc4c3F)ncnc2cc1OCCCN1CCCC1.O=C(O)/C=C/C(=O)O. The van der Waals surface area contributed by atoms with Gasteiger partial charge in [-0.2, -0.15) is 0 Å². The van der Waals surface area contributed by atoms with Crippen LogP contribution in [0.1, 0.15) is 25.0 Å². The maximum Gasteiger partial charge on any atom is 0.328 e. The van der Waals surface area contributed by atoms with E-state index in [1.165, 1.54) is 32.3 Å². The van der Waals surface area contributed by atoms with Gasteiger partial charge in [-0.1, -0.05) is 0 Å². The second-order valence-corrected chi connectivity index (χ2v) is 9.35. The standard InChI is InChI=1S/C25H27FN4O3.C4H4O4/c1-16-12-17-19(29-16)6-7-21(24(17)26)33-25-18-13-22(31-2)23(14-20(18)27-15-28-25)32-11-5-10-30-8-3-4-9-30;5-3(6)1-2-4(7)8/h6-7,12-15,29H,3-5,8-11H2,1-2H3;1-2H,(H,5,6)(H,7,8)/b;2-1+. The van der Waals surface area contributed by atoms with Crippen LogP contribution in [0.4, 0.5) is 4.39 Å². The number of hydrogen-bond acceptors (Lipinski definition) is 8. The molecule has 0 bridgehead atoms. The molecule has 41 heavy (non-hydrogen) atoms. The molecule has 0 radical (unpaired) electrons. The number of rotatable bonds is 10. The molecule has 12 heteroatoms. The van der Waals surface area contributed by atoms with Gasteiger partial charge in [-0.25, -0.2) is 23.9 Å².